The van der Waals surface area contributed by atoms with Gasteiger partial charge < -0.3 is 10.5 Å². The molecule has 3 aromatic rings. The summed E-state index contributed by atoms with van der Waals surface area (Å²) in [5.41, 5.74) is 6.82. The zero-order valence-electron chi connectivity index (χ0n) is 13.4. The lowest BCUT2D eigenvalue weighted by atomic mass is 9.99. The molecule has 132 valence electrons. The highest BCUT2D eigenvalue weighted by atomic mass is 19.1. The number of halogens is 3. The van der Waals surface area contributed by atoms with Gasteiger partial charge in [-0.05, 0) is 29.3 Å². The van der Waals surface area contributed by atoms with Crippen molar-refractivity contribution in [1.82, 2.24) is 4.98 Å². The normalized spacial score (nSPS) is 10.6. The first-order chi connectivity index (χ1) is 12.4. The van der Waals surface area contributed by atoms with Gasteiger partial charge in [0.15, 0.2) is 0 Å². The number of hydrogen-bond acceptors (Lipinski definition) is 3. The summed E-state index contributed by atoms with van der Waals surface area (Å²) in [5.74, 6) is -2.82. The molecule has 0 fully saturated rings. The predicted molar refractivity (Wildman–Crippen MR) is 88.8 cm³/mol. The Bertz CT molecular complexity index is 939. The third-order valence-electron chi connectivity index (χ3n) is 3.66. The van der Waals surface area contributed by atoms with Crippen molar-refractivity contribution < 1.29 is 22.7 Å². The van der Waals surface area contributed by atoms with Crippen molar-refractivity contribution in [2.24, 2.45) is 5.73 Å². The Labute approximate surface area is 147 Å². The van der Waals surface area contributed by atoms with Crippen molar-refractivity contribution in [1.29, 1.82) is 0 Å². The fourth-order valence-corrected chi connectivity index (χ4v) is 2.52. The third-order valence-corrected chi connectivity index (χ3v) is 3.66. The van der Waals surface area contributed by atoms with Crippen molar-refractivity contribution in [2.45, 2.75) is 6.61 Å². The van der Waals surface area contributed by atoms with Gasteiger partial charge in [-0.1, -0.05) is 12.1 Å². The van der Waals surface area contributed by atoms with E-state index >= 15 is 0 Å². The highest BCUT2D eigenvalue weighted by Crippen LogP contribution is 2.27. The Hall–Kier alpha value is -3.35. The van der Waals surface area contributed by atoms with E-state index in [1.54, 1.807) is 6.07 Å². The second-order valence-corrected chi connectivity index (χ2v) is 5.45. The van der Waals surface area contributed by atoms with E-state index in [0.29, 0.717) is 16.7 Å². The zero-order valence-corrected chi connectivity index (χ0v) is 13.4. The van der Waals surface area contributed by atoms with Gasteiger partial charge >= 0.3 is 0 Å². The van der Waals surface area contributed by atoms with Crippen molar-refractivity contribution >= 4 is 5.91 Å². The first-order valence-corrected chi connectivity index (χ1v) is 7.56. The van der Waals surface area contributed by atoms with Crippen LogP contribution < -0.4 is 10.5 Å². The molecule has 2 N–H and O–H groups in total. The number of amides is 1. The summed E-state index contributed by atoms with van der Waals surface area (Å²) in [6, 6.07) is 9.96. The van der Waals surface area contributed by atoms with E-state index in [1.165, 1.54) is 30.5 Å². The van der Waals surface area contributed by atoms with Crippen LogP contribution in [0.1, 0.15) is 16.1 Å². The van der Waals surface area contributed by atoms with Gasteiger partial charge in [0.05, 0.1) is 0 Å². The van der Waals surface area contributed by atoms with E-state index < -0.39 is 23.4 Å². The maximum Gasteiger partial charge on any atom is 0.267 e. The summed E-state index contributed by atoms with van der Waals surface area (Å²) in [6.45, 7) is -0.207. The van der Waals surface area contributed by atoms with E-state index in [9.17, 15) is 18.0 Å². The molecule has 1 aromatic heterocycles. The number of nitrogens with zero attached hydrogens (tertiary/aromatic N) is 1. The van der Waals surface area contributed by atoms with Gasteiger partial charge in [-0.2, -0.15) is 0 Å². The van der Waals surface area contributed by atoms with Crippen LogP contribution in [0.5, 0.6) is 5.75 Å². The number of ether oxygens (including phenoxy) is 1. The number of carbonyl (C=O) groups excluding carboxylic acids is 1. The molecule has 0 radical (unpaired) electrons. The topological polar surface area (TPSA) is 65.2 Å². The Morgan fingerprint density at radius 1 is 0.962 bits per heavy atom. The van der Waals surface area contributed by atoms with Crippen molar-refractivity contribution in [2.75, 3.05) is 0 Å². The van der Waals surface area contributed by atoms with Gasteiger partial charge in [-0.3, -0.25) is 9.78 Å². The number of rotatable bonds is 5. The molecule has 1 heterocycles. The number of aromatic nitrogens is 1. The summed E-state index contributed by atoms with van der Waals surface area (Å²) in [4.78, 5) is 15.7. The average Bonchev–Trinajstić information content (AvgIpc) is 2.59. The highest BCUT2D eigenvalue weighted by molar-refractivity contribution is 5.94. The number of primary amides is 1. The minimum Gasteiger partial charge on any atom is -0.489 e. The Balaban J connectivity index is 2.00. The standard InChI is InChI=1S/C19H13F3N2O2/c20-12-3-1-11(2-4-12)16-5-6-24-18(19(23)25)17(16)10-26-15-8-13(21)7-14(22)9-15/h1-9H,10H2,(H2,23,25). The maximum atomic E-state index is 13.3. The monoisotopic (exact) mass is 358 g/mol. The fraction of sp³-hybridized carbons (Fsp3) is 0.0526. The third kappa shape index (κ3) is 3.83. The number of nitrogens with two attached hydrogens (primary N) is 1. The second-order valence-electron chi connectivity index (χ2n) is 5.45. The van der Waals surface area contributed by atoms with Crippen LogP contribution in [0.4, 0.5) is 13.2 Å². The van der Waals surface area contributed by atoms with E-state index in [0.717, 1.165) is 18.2 Å². The number of pyridine rings is 1. The first kappa shape index (κ1) is 17.5. The molecule has 1 amide bonds. The molecular formula is C19H13F3N2O2. The molecule has 2 aromatic carbocycles. The zero-order chi connectivity index (χ0) is 18.7. The summed E-state index contributed by atoms with van der Waals surface area (Å²) < 4.78 is 45.2. The van der Waals surface area contributed by atoms with Crippen molar-refractivity contribution in [3.63, 3.8) is 0 Å². The van der Waals surface area contributed by atoms with E-state index in [4.69, 9.17) is 10.5 Å². The SMILES string of the molecule is NC(=O)c1nccc(-c2ccc(F)cc2)c1COc1cc(F)cc(F)c1. The van der Waals surface area contributed by atoms with E-state index in [2.05, 4.69) is 4.98 Å². The lowest BCUT2D eigenvalue weighted by molar-refractivity contribution is 0.0993. The maximum absolute atomic E-state index is 13.3. The van der Waals surface area contributed by atoms with Crippen LogP contribution in [0, 0.1) is 17.5 Å². The second kappa shape index (κ2) is 7.26. The van der Waals surface area contributed by atoms with Gasteiger partial charge in [0, 0.05) is 30.0 Å². The van der Waals surface area contributed by atoms with E-state index in [-0.39, 0.29) is 18.1 Å². The largest absolute Gasteiger partial charge is 0.489 e. The van der Waals surface area contributed by atoms with Gasteiger partial charge in [0.25, 0.3) is 5.91 Å². The predicted octanol–water partition coefficient (Wildman–Crippen LogP) is 3.84. The van der Waals surface area contributed by atoms with E-state index in [1.807, 2.05) is 0 Å². The van der Waals surface area contributed by atoms with Crippen LogP contribution in [0.2, 0.25) is 0 Å². The number of carbonyl (C=O) groups is 1. The van der Waals surface area contributed by atoms with Gasteiger partial charge in [-0.15, -0.1) is 0 Å². The molecule has 0 aliphatic rings. The summed E-state index contributed by atoms with van der Waals surface area (Å²) in [7, 11) is 0. The highest BCUT2D eigenvalue weighted by Gasteiger charge is 2.16. The first-order valence-electron chi connectivity index (χ1n) is 7.56. The lowest BCUT2D eigenvalue weighted by Gasteiger charge is -2.14. The summed E-state index contributed by atoms with van der Waals surface area (Å²) in [5, 5.41) is 0. The van der Waals surface area contributed by atoms with Crippen LogP contribution in [-0.4, -0.2) is 10.9 Å². The Morgan fingerprint density at radius 3 is 2.23 bits per heavy atom. The molecule has 0 spiro atoms. The molecular weight excluding hydrogens is 345 g/mol. The molecule has 26 heavy (non-hydrogen) atoms. The number of hydrogen-bond donors (Lipinski definition) is 1. The van der Waals surface area contributed by atoms with Gasteiger partial charge in [0.2, 0.25) is 0 Å². The molecule has 0 aliphatic heterocycles. The molecule has 4 nitrogen and oxygen atoms in total. The minimum atomic E-state index is -0.792. The minimum absolute atomic E-state index is 0.0382. The molecule has 3 rings (SSSR count). The van der Waals surface area contributed by atoms with Crippen LogP contribution >= 0.6 is 0 Å². The van der Waals surface area contributed by atoms with Crippen molar-refractivity contribution in [3.05, 3.63) is 83.4 Å². The average molecular weight is 358 g/mol. The smallest absolute Gasteiger partial charge is 0.267 e. The summed E-state index contributed by atoms with van der Waals surface area (Å²) in [6.07, 6.45) is 1.39. The van der Waals surface area contributed by atoms with Gasteiger partial charge in [-0.25, -0.2) is 13.2 Å². The molecule has 0 atom stereocenters. The molecule has 0 saturated heterocycles. The fourth-order valence-electron chi connectivity index (χ4n) is 2.52. The van der Waals surface area contributed by atoms with Crippen LogP contribution in [0.25, 0.3) is 11.1 Å². The molecule has 7 heteroatoms. The quantitative estimate of drug-likeness (QED) is 0.754. The van der Waals surface area contributed by atoms with Crippen LogP contribution in [0.15, 0.2) is 54.7 Å². The molecule has 0 bridgehead atoms. The Morgan fingerprint density at radius 2 is 1.62 bits per heavy atom. The Kier molecular flexibility index (Phi) is 4.88. The van der Waals surface area contributed by atoms with Crippen LogP contribution in [-0.2, 0) is 6.61 Å². The molecule has 0 saturated carbocycles. The molecule has 0 unspecified atom stereocenters. The molecule has 0 aliphatic carbocycles. The van der Waals surface area contributed by atoms with Crippen LogP contribution in [0.3, 0.4) is 0 Å². The lowest BCUT2D eigenvalue weighted by Crippen LogP contribution is -2.17. The van der Waals surface area contributed by atoms with Gasteiger partial charge in [0.1, 0.15) is 35.5 Å². The van der Waals surface area contributed by atoms with Crippen molar-refractivity contribution in [3.8, 4) is 16.9 Å². The summed E-state index contributed by atoms with van der Waals surface area (Å²) >= 11 is 0. The number of benzene rings is 2.